The van der Waals surface area contributed by atoms with Crippen molar-refractivity contribution in [1.29, 1.82) is 0 Å². The van der Waals surface area contributed by atoms with Gasteiger partial charge in [0.2, 0.25) is 0 Å². The molecule has 0 aliphatic rings. The molecule has 66 valence electrons. The molecule has 12 heavy (non-hydrogen) atoms. The smallest absolute Gasteiger partial charge is 0.124 e. The number of hydrogen-bond acceptors (Lipinski definition) is 0. The molecule has 1 aromatic rings. The molecule has 0 atom stereocenters. The standard InChI is InChI=1S/C9H9BrClF/c10-3-1-2-7-4-8(11)6-9(12)5-7/h4-6H,1-3H2. The van der Waals surface area contributed by atoms with Gasteiger partial charge >= 0.3 is 0 Å². The Morgan fingerprint density at radius 3 is 2.67 bits per heavy atom. The number of aryl methyl sites for hydroxylation is 1. The van der Waals surface area contributed by atoms with Gasteiger partial charge in [-0.15, -0.1) is 0 Å². The van der Waals surface area contributed by atoms with Crippen LogP contribution in [0.15, 0.2) is 18.2 Å². The second-order valence-electron chi connectivity index (χ2n) is 2.57. The number of alkyl halides is 1. The lowest BCUT2D eigenvalue weighted by molar-refractivity contribution is 0.625. The maximum absolute atomic E-state index is 12.8. The monoisotopic (exact) mass is 250 g/mol. The Balaban J connectivity index is 2.72. The Morgan fingerprint density at radius 1 is 1.33 bits per heavy atom. The molecule has 0 heterocycles. The highest BCUT2D eigenvalue weighted by molar-refractivity contribution is 9.09. The van der Waals surface area contributed by atoms with Crippen LogP contribution in [0.2, 0.25) is 5.02 Å². The van der Waals surface area contributed by atoms with Crippen LogP contribution < -0.4 is 0 Å². The van der Waals surface area contributed by atoms with Gasteiger partial charge in [0.1, 0.15) is 5.82 Å². The highest BCUT2D eigenvalue weighted by Crippen LogP contribution is 2.15. The molecule has 0 N–H and O–H groups in total. The van der Waals surface area contributed by atoms with Crippen LogP contribution in [0, 0.1) is 5.82 Å². The second-order valence-corrected chi connectivity index (χ2v) is 3.80. The van der Waals surface area contributed by atoms with E-state index in [9.17, 15) is 4.39 Å². The van der Waals surface area contributed by atoms with Gasteiger partial charge in [0.15, 0.2) is 0 Å². The van der Waals surface area contributed by atoms with E-state index >= 15 is 0 Å². The van der Waals surface area contributed by atoms with Crippen LogP contribution in [0.4, 0.5) is 4.39 Å². The third-order valence-corrected chi connectivity index (χ3v) is 2.30. The highest BCUT2D eigenvalue weighted by Gasteiger charge is 1.98. The summed E-state index contributed by atoms with van der Waals surface area (Å²) in [4.78, 5) is 0. The minimum Gasteiger partial charge on any atom is -0.207 e. The first-order valence-electron chi connectivity index (χ1n) is 3.73. The van der Waals surface area contributed by atoms with E-state index in [0.717, 1.165) is 23.7 Å². The molecule has 0 aliphatic heterocycles. The minimum atomic E-state index is -0.257. The Bertz CT molecular complexity index is 242. The normalized spacial score (nSPS) is 10.2. The molecule has 0 saturated carbocycles. The number of hydrogen-bond donors (Lipinski definition) is 0. The van der Waals surface area contributed by atoms with Crippen molar-refractivity contribution in [2.75, 3.05) is 5.33 Å². The van der Waals surface area contributed by atoms with E-state index in [1.807, 2.05) is 0 Å². The van der Waals surface area contributed by atoms with Crippen molar-refractivity contribution in [3.8, 4) is 0 Å². The van der Waals surface area contributed by atoms with E-state index in [-0.39, 0.29) is 5.82 Å². The average molecular weight is 252 g/mol. The zero-order valence-electron chi connectivity index (χ0n) is 6.49. The van der Waals surface area contributed by atoms with E-state index < -0.39 is 0 Å². The van der Waals surface area contributed by atoms with E-state index in [4.69, 9.17) is 11.6 Å². The fourth-order valence-electron chi connectivity index (χ4n) is 1.03. The molecule has 0 spiro atoms. The first-order valence-corrected chi connectivity index (χ1v) is 5.23. The molecular formula is C9H9BrClF. The SMILES string of the molecule is Fc1cc(Cl)cc(CCCBr)c1. The van der Waals surface area contributed by atoms with Crippen molar-refractivity contribution in [3.63, 3.8) is 0 Å². The first-order chi connectivity index (χ1) is 5.72. The number of rotatable bonds is 3. The maximum atomic E-state index is 12.8. The Morgan fingerprint density at radius 2 is 2.08 bits per heavy atom. The molecule has 0 aliphatic carbocycles. The summed E-state index contributed by atoms with van der Waals surface area (Å²) in [6.45, 7) is 0. The van der Waals surface area contributed by atoms with Gasteiger partial charge in [-0.3, -0.25) is 0 Å². The van der Waals surface area contributed by atoms with Crippen LogP contribution in [0.1, 0.15) is 12.0 Å². The van der Waals surface area contributed by atoms with Crippen molar-refractivity contribution >= 4 is 27.5 Å². The lowest BCUT2D eigenvalue weighted by atomic mass is 10.1. The highest BCUT2D eigenvalue weighted by atomic mass is 79.9. The lowest BCUT2D eigenvalue weighted by Crippen LogP contribution is -1.87. The molecule has 0 nitrogen and oxygen atoms in total. The summed E-state index contributed by atoms with van der Waals surface area (Å²) in [7, 11) is 0. The summed E-state index contributed by atoms with van der Waals surface area (Å²) >= 11 is 8.99. The number of benzene rings is 1. The van der Waals surface area contributed by atoms with Crippen LogP contribution in [0.25, 0.3) is 0 Å². The van der Waals surface area contributed by atoms with Crippen molar-refractivity contribution in [3.05, 3.63) is 34.6 Å². The van der Waals surface area contributed by atoms with Crippen molar-refractivity contribution in [2.45, 2.75) is 12.8 Å². The van der Waals surface area contributed by atoms with Crippen LogP contribution in [0.5, 0.6) is 0 Å². The van der Waals surface area contributed by atoms with Crippen LogP contribution >= 0.6 is 27.5 Å². The molecule has 0 saturated heterocycles. The number of halogens is 3. The fraction of sp³-hybridized carbons (Fsp3) is 0.333. The molecule has 3 heteroatoms. The Hall–Kier alpha value is -0.0800. The topological polar surface area (TPSA) is 0 Å². The molecule has 0 unspecified atom stereocenters. The summed E-state index contributed by atoms with van der Waals surface area (Å²) < 4.78 is 12.8. The van der Waals surface area contributed by atoms with Gasteiger partial charge in [-0.25, -0.2) is 4.39 Å². The summed E-state index contributed by atoms with van der Waals surface area (Å²) in [5.41, 5.74) is 0.958. The first kappa shape index (κ1) is 10.0. The summed E-state index contributed by atoms with van der Waals surface area (Å²) in [6.07, 6.45) is 1.86. The molecular weight excluding hydrogens is 242 g/mol. The van der Waals surface area contributed by atoms with Crippen molar-refractivity contribution in [2.24, 2.45) is 0 Å². The summed E-state index contributed by atoms with van der Waals surface area (Å²) in [6, 6.07) is 4.64. The van der Waals surface area contributed by atoms with Gasteiger partial charge in [0, 0.05) is 10.4 Å². The van der Waals surface area contributed by atoms with Crippen molar-refractivity contribution in [1.82, 2.24) is 0 Å². The lowest BCUT2D eigenvalue weighted by Gasteiger charge is -2.00. The molecule has 0 bridgehead atoms. The maximum Gasteiger partial charge on any atom is 0.124 e. The van der Waals surface area contributed by atoms with Gasteiger partial charge in [-0.05, 0) is 36.6 Å². The van der Waals surface area contributed by atoms with Gasteiger partial charge in [-0.2, -0.15) is 0 Å². The predicted octanol–water partition coefficient (Wildman–Crippen LogP) is 3.81. The molecule has 1 aromatic carbocycles. The van der Waals surface area contributed by atoms with Gasteiger partial charge in [0.05, 0.1) is 0 Å². The fourth-order valence-corrected chi connectivity index (χ4v) is 1.55. The quantitative estimate of drug-likeness (QED) is 0.717. The predicted molar refractivity (Wildman–Crippen MR) is 53.5 cm³/mol. The average Bonchev–Trinajstić information content (AvgIpc) is 1.99. The van der Waals surface area contributed by atoms with Crippen LogP contribution in [-0.2, 0) is 6.42 Å². The van der Waals surface area contributed by atoms with E-state index in [0.29, 0.717) is 5.02 Å². The molecule has 0 amide bonds. The zero-order valence-corrected chi connectivity index (χ0v) is 8.83. The van der Waals surface area contributed by atoms with Gasteiger partial charge in [-0.1, -0.05) is 27.5 Å². The molecule has 0 radical (unpaired) electrons. The Kier molecular flexibility index (Phi) is 4.02. The van der Waals surface area contributed by atoms with E-state index in [2.05, 4.69) is 15.9 Å². The zero-order chi connectivity index (χ0) is 8.97. The summed E-state index contributed by atoms with van der Waals surface area (Å²) in [5.74, 6) is -0.257. The second kappa shape index (κ2) is 4.83. The van der Waals surface area contributed by atoms with Gasteiger partial charge in [0.25, 0.3) is 0 Å². The third kappa shape index (κ3) is 3.11. The molecule has 0 fully saturated rings. The molecule has 0 aromatic heterocycles. The van der Waals surface area contributed by atoms with Gasteiger partial charge < -0.3 is 0 Å². The van der Waals surface area contributed by atoms with E-state index in [1.54, 1.807) is 6.07 Å². The Labute approximate surface area is 84.9 Å². The third-order valence-electron chi connectivity index (χ3n) is 1.52. The van der Waals surface area contributed by atoms with Crippen LogP contribution in [0.3, 0.4) is 0 Å². The largest absolute Gasteiger partial charge is 0.207 e. The molecule has 1 rings (SSSR count). The summed E-state index contributed by atoms with van der Waals surface area (Å²) in [5, 5.41) is 1.40. The minimum absolute atomic E-state index is 0.257. The van der Waals surface area contributed by atoms with E-state index in [1.165, 1.54) is 12.1 Å². The van der Waals surface area contributed by atoms with Crippen LogP contribution in [-0.4, -0.2) is 5.33 Å². The van der Waals surface area contributed by atoms with Crippen molar-refractivity contribution < 1.29 is 4.39 Å².